The number of hydrogen-bond donors (Lipinski definition) is 2. The van der Waals surface area contributed by atoms with Gasteiger partial charge in [0.15, 0.2) is 0 Å². The molecule has 23 heavy (non-hydrogen) atoms. The van der Waals surface area contributed by atoms with Crippen molar-refractivity contribution in [3.63, 3.8) is 0 Å². The standard InChI is InChI=1S/C17H22N2O4/c1-23-15-7-3-2-5-12(15)6-4-9-19-10-8-13(17(19)22)11-14(20)16(18)21/h2-3,5,7-8,14,20H,4,6,9-11H2,1H3,(H2,18,21). The lowest BCUT2D eigenvalue weighted by atomic mass is 10.1. The molecule has 0 aliphatic carbocycles. The SMILES string of the molecule is COc1ccccc1CCCN1CC=C(CC(O)C(N)=O)C1=O. The van der Waals surface area contributed by atoms with Crippen molar-refractivity contribution < 1.29 is 19.4 Å². The fourth-order valence-corrected chi connectivity index (χ4v) is 2.64. The van der Waals surface area contributed by atoms with Crippen molar-refractivity contribution in [3.8, 4) is 5.75 Å². The number of carbonyl (C=O) groups excluding carboxylic acids is 2. The minimum Gasteiger partial charge on any atom is -0.496 e. The van der Waals surface area contributed by atoms with Crippen LogP contribution in [0.4, 0.5) is 0 Å². The predicted octanol–water partition coefficient (Wildman–Crippen LogP) is 0.633. The zero-order chi connectivity index (χ0) is 16.8. The number of primary amides is 1. The number of carbonyl (C=O) groups is 2. The largest absolute Gasteiger partial charge is 0.496 e. The normalized spacial score (nSPS) is 15.5. The predicted molar refractivity (Wildman–Crippen MR) is 85.8 cm³/mol. The Morgan fingerprint density at radius 3 is 2.87 bits per heavy atom. The van der Waals surface area contributed by atoms with Gasteiger partial charge in [0.05, 0.1) is 7.11 Å². The first-order chi connectivity index (χ1) is 11.0. The Balaban J connectivity index is 1.82. The summed E-state index contributed by atoms with van der Waals surface area (Å²) in [5, 5.41) is 9.47. The Hall–Kier alpha value is -2.34. The lowest BCUT2D eigenvalue weighted by Gasteiger charge is -2.17. The fraction of sp³-hybridized carbons (Fsp3) is 0.412. The Morgan fingerprint density at radius 2 is 2.17 bits per heavy atom. The summed E-state index contributed by atoms with van der Waals surface area (Å²) in [7, 11) is 1.64. The highest BCUT2D eigenvalue weighted by molar-refractivity contribution is 5.96. The Kier molecular flexibility index (Phi) is 5.76. The molecule has 0 spiro atoms. The van der Waals surface area contributed by atoms with Crippen LogP contribution in [0.3, 0.4) is 0 Å². The maximum atomic E-state index is 12.2. The summed E-state index contributed by atoms with van der Waals surface area (Å²) >= 11 is 0. The quantitative estimate of drug-likeness (QED) is 0.735. The summed E-state index contributed by atoms with van der Waals surface area (Å²) in [6.45, 7) is 1.12. The zero-order valence-corrected chi connectivity index (χ0v) is 13.2. The van der Waals surface area contributed by atoms with E-state index < -0.39 is 12.0 Å². The van der Waals surface area contributed by atoms with Gasteiger partial charge in [-0.25, -0.2) is 0 Å². The van der Waals surface area contributed by atoms with E-state index in [0.717, 1.165) is 24.2 Å². The van der Waals surface area contributed by atoms with Gasteiger partial charge >= 0.3 is 0 Å². The molecule has 1 aliphatic heterocycles. The van der Waals surface area contributed by atoms with Gasteiger partial charge in [0.1, 0.15) is 11.9 Å². The maximum absolute atomic E-state index is 12.2. The summed E-state index contributed by atoms with van der Waals surface area (Å²) in [6.07, 6.45) is 2.05. The maximum Gasteiger partial charge on any atom is 0.249 e. The summed E-state index contributed by atoms with van der Waals surface area (Å²) in [6, 6.07) is 7.81. The number of ether oxygens (including phenoxy) is 1. The van der Waals surface area contributed by atoms with Crippen molar-refractivity contribution in [1.29, 1.82) is 0 Å². The van der Waals surface area contributed by atoms with Crippen LogP contribution in [0.1, 0.15) is 18.4 Å². The second kappa shape index (κ2) is 7.78. The highest BCUT2D eigenvalue weighted by Crippen LogP contribution is 2.20. The molecule has 1 heterocycles. The van der Waals surface area contributed by atoms with Gasteiger partial charge in [0.25, 0.3) is 0 Å². The first kappa shape index (κ1) is 17.0. The van der Waals surface area contributed by atoms with Crippen LogP contribution in [-0.4, -0.2) is 48.1 Å². The van der Waals surface area contributed by atoms with Crippen molar-refractivity contribution in [2.24, 2.45) is 5.73 Å². The van der Waals surface area contributed by atoms with Crippen LogP contribution in [0, 0.1) is 0 Å². The summed E-state index contributed by atoms with van der Waals surface area (Å²) < 4.78 is 5.31. The molecule has 124 valence electrons. The number of nitrogens with two attached hydrogens (primary N) is 1. The molecule has 6 nitrogen and oxygen atoms in total. The molecule has 0 bridgehead atoms. The van der Waals surface area contributed by atoms with Crippen molar-refractivity contribution >= 4 is 11.8 Å². The van der Waals surface area contributed by atoms with Crippen LogP contribution in [0.25, 0.3) is 0 Å². The van der Waals surface area contributed by atoms with E-state index in [-0.39, 0.29) is 12.3 Å². The highest BCUT2D eigenvalue weighted by atomic mass is 16.5. The molecule has 0 saturated heterocycles. The van der Waals surface area contributed by atoms with Crippen LogP contribution in [0.5, 0.6) is 5.75 Å². The minimum absolute atomic E-state index is 0.0167. The average molecular weight is 318 g/mol. The molecule has 1 atom stereocenters. The van der Waals surface area contributed by atoms with Gasteiger partial charge in [-0.05, 0) is 24.5 Å². The van der Waals surface area contributed by atoms with Gasteiger partial charge in [-0.3, -0.25) is 9.59 Å². The first-order valence-electron chi connectivity index (χ1n) is 7.60. The summed E-state index contributed by atoms with van der Waals surface area (Å²) in [5.74, 6) is -0.0951. The summed E-state index contributed by atoms with van der Waals surface area (Å²) in [5.41, 5.74) is 6.58. The molecular formula is C17H22N2O4. The van der Waals surface area contributed by atoms with Crippen molar-refractivity contribution in [2.45, 2.75) is 25.4 Å². The second-order valence-electron chi connectivity index (χ2n) is 5.52. The van der Waals surface area contributed by atoms with Crippen LogP contribution in [0.15, 0.2) is 35.9 Å². The van der Waals surface area contributed by atoms with Crippen LogP contribution in [0.2, 0.25) is 0 Å². The highest BCUT2D eigenvalue weighted by Gasteiger charge is 2.26. The van der Waals surface area contributed by atoms with E-state index in [4.69, 9.17) is 10.5 Å². The third kappa shape index (κ3) is 4.32. The zero-order valence-electron chi connectivity index (χ0n) is 13.2. The van der Waals surface area contributed by atoms with Crippen LogP contribution in [-0.2, 0) is 16.0 Å². The molecule has 2 rings (SSSR count). The number of methoxy groups -OCH3 is 1. The topological polar surface area (TPSA) is 92.9 Å². The van der Waals surface area contributed by atoms with Crippen molar-refractivity contribution in [2.75, 3.05) is 20.2 Å². The molecule has 1 aromatic carbocycles. The van der Waals surface area contributed by atoms with Gasteiger partial charge in [-0.2, -0.15) is 0 Å². The van der Waals surface area contributed by atoms with E-state index in [0.29, 0.717) is 18.7 Å². The Morgan fingerprint density at radius 1 is 1.43 bits per heavy atom. The molecule has 2 amide bonds. The number of nitrogens with zero attached hydrogens (tertiary/aromatic N) is 1. The number of hydrogen-bond acceptors (Lipinski definition) is 4. The number of rotatable bonds is 8. The molecule has 0 saturated carbocycles. The number of aryl methyl sites for hydroxylation is 1. The average Bonchev–Trinajstić information content (AvgIpc) is 2.88. The number of benzene rings is 1. The van der Waals surface area contributed by atoms with E-state index in [9.17, 15) is 14.7 Å². The first-order valence-corrected chi connectivity index (χ1v) is 7.60. The minimum atomic E-state index is -1.31. The molecule has 1 unspecified atom stereocenters. The molecule has 3 N–H and O–H groups in total. The van der Waals surface area contributed by atoms with Crippen LogP contribution < -0.4 is 10.5 Å². The van der Waals surface area contributed by atoms with Gasteiger partial charge < -0.3 is 20.5 Å². The molecule has 0 radical (unpaired) electrons. The molecule has 1 aromatic rings. The molecule has 0 aromatic heterocycles. The van der Waals surface area contributed by atoms with Gasteiger partial charge in [0, 0.05) is 25.1 Å². The fourth-order valence-electron chi connectivity index (χ4n) is 2.64. The van der Waals surface area contributed by atoms with E-state index in [1.54, 1.807) is 18.1 Å². The van der Waals surface area contributed by atoms with E-state index in [1.165, 1.54) is 0 Å². The number of aliphatic hydroxyl groups is 1. The lowest BCUT2D eigenvalue weighted by molar-refractivity contribution is -0.127. The second-order valence-corrected chi connectivity index (χ2v) is 5.52. The third-order valence-corrected chi connectivity index (χ3v) is 3.93. The lowest BCUT2D eigenvalue weighted by Crippen LogP contribution is -2.32. The number of aliphatic hydroxyl groups excluding tert-OH is 1. The van der Waals surface area contributed by atoms with E-state index in [2.05, 4.69) is 0 Å². The van der Waals surface area contributed by atoms with E-state index in [1.807, 2.05) is 24.3 Å². The number of para-hydroxylation sites is 1. The van der Waals surface area contributed by atoms with Gasteiger partial charge in [-0.1, -0.05) is 24.3 Å². The molecule has 1 aliphatic rings. The van der Waals surface area contributed by atoms with Gasteiger partial charge in [-0.15, -0.1) is 0 Å². The molecule has 6 heteroatoms. The number of amides is 2. The van der Waals surface area contributed by atoms with Gasteiger partial charge in [0.2, 0.25) is 11.8 Å². The molecule has 0 fully saturated rings. The third-order valence-electron chi connectivity index (χ3n) is 3.93. The summed E-state index contributed by atoms with van der Waals surface area (Å²) in [4.78, 5) is 24.8. The smallest absolute Gasteiger partial charge is 0.249 e. The van der Waals surface area contributed by atoms with Crippen molar-refractivity contribution in [3.05, 3.63) is 41.5 Å². The van der Waals surface area contributed by atoms with Crippen LogP contribution >= 0.6 is 0 Å². The van der Waals surface area contributed by atoms with Crippen molar-refractivity contribution in [1.82, 2.24) is 4.90 Å². The van der Waals surface area contributed by atoms with E-state index >= 15 is 0 Å². The molecular weight excluding hydrogens is 296 g/mol. The Labute approximate surface area is 135 Å². The Bertz CT molecular complexity index is 612. The monoisotopic (exact) mass is 318 g/mol.